The third-order valence-corrected chi connectivity index (χ3v) is 6.42. The first-order chi connectivity index (χ1) is 13.0. The second kappa shape index (κ2) is 8.83. The molecule has 1 saturated heterocycles. The van der Waals surface area contributed by atoms with Gasteiger partial charge in [-0.15, -0.1) is 11.8 Å². The molecule has 9 heteroatoms. The molecule has 2 heterocycles. The van der Waals surface area contributed by atoms with Crippen molar-refractivity contribution in [1.29, 1.82) is 0 Å². The molecular formula is C18H21N3O4S2. The van der Waals surface area contributed by atoms with Crippen LogP contribution in [-0.2, 0) is 21.3 Å². The summed E-state index contributed by atoms with van der Waals surface area (Å²) in [4.78, 5) is 19.3. The van der Waals surface area contributed by atoms with Crippen molar-refractivity contribution in [2.24, 2.45) is 0 Å². The number of hydrogen-bond donors (Lipinski definition) is 1. The van der Waals surface area contributed by atoms with E-state index in [0.717, 1.165) is 10.5 Å². The van der Waals surface area contributed by atoms with Crippen molar-refractivity contribution in [1.82, 2.24) is 14.6 Å². The van der Waals surface area contributed by atoms with E-state index in [2.05, 4.69) is 9.71 Å². The molecule has 1 amide bonds. The van der Waals surface area contributed by atoms with Gasteiger partial charge in [-0.05, 0) is 42.2 Å². The molecule has 1 N–H and O–H groups in total. The molecule has 1 aliphatic rings. The molecule has 0 atom stereocenters. The molecule has 7 nitrogen and oxygen atoms in total. The molecule has 0 saturated carbocycles. The lowest BCUT2D eigenvalue weighted by Gasteiger charge is -2.27. The number of hydrogen-bond acceptors (Lipinski definition) is 6. The van der Waals surface area contributed by atoms with Crippen LogP contribution in [0.3, 0.4) is 0 Å². The van der Waals surface area contributed by atoms with Gasteiger partial charge in [0.1, 0.15) is 0 Å². The van der Waals surface area contributed by atoms with Crippen molar-refractivity contribution in [3.05, 3.63) is 53.9 Å². The Morgan fingerprint density at radius 3 is 2.59 bits per heavy atom. The van der Waals surface area contributed by atoms with Crippen LogP contribution in [0.4, 0.5) is 0 Å². The average Bonchev–Trinajstić information content (AvgIpc) is 2.72. The zero-order chi connectivity index (χ0) is 19.3. The average molecular weight is 408 g/mol. The number of nitrogens with one attached hydrogen (secondary N) is 1. The summed E-state index contributed by atoms with van der Waals surface area (Å²) in [6.45, 7) is 2.15. The summed E-state index contributed by atoms with van der Waals surface area (Å²) < 4.78 is 33.2. The number of carbonyl (C=O) groups is 1. The minimum atomic E-state index is -3.75. The van der Waals surface area contributed by atoms with Crippen LogP contribution in [0.5, 0.6) is 0 Å². The summed E-state index contributed by atoms with van der Waals surface area (Å²) in [6, 6.07) is 8.15. The quantitative estimate of drug-likeness (QED) is 0.734. The van der Waals surface area contributed by atoms with E-state index in [-0.39, 0.29) is 17.3 Å². The van der Waals surface area contributed by atoms with Crippen molar-refractivity contribution in [2.45, 2.75) is 16.3 Å². The monoisotopic (exact) mass is 407 g/mol. The molecule has 144 valence electrons. The van der Waals surface area contributed by atoms with Gasteiger partial charge in [0.25, 0.3) is 5.91 Å². The Kier molecular flexibility index (Phi) is 6.48. The molecule has 2 aromatic rings. The molecule has 0 radical (unpaired) electrons. The molecule has 1 aliphatic heterocycles. The Labute approximate surface area is 163 Å². The lowest BCUT2D eigenvalue weighted by atomic mass is 10.2. The summed E-state index contributed by atoms with van der Waals surface area (Å²) >= 11 is 1.42. The van der Waals surface area contributed by atoms with E-state index in [1.807, 2.05) is 6.26 Å². The predicted molar refractivity (Wildman–Crippen MR) is 103 cm³/mol. The molecule has 1 fully saturated rings. The zero-order valence-corrected chi connectivity index (χ0v) is 16.6. The fourth-order valence-corrected chi connectivity index (χ4v) is 4.33. The second-order valence-corrected chi connectivity index (χ2v) is 8.56. The highest BCUT2D eigenvalue weighted by Crippen LogP contribution is 2.25. The van der Waals surface area contributed by atoms with Gasteiger partial charge in [0, 0.05) is 36.9 Å². The van der Waals surface area contributed by atoms with E-state index >= 15 is 0 Å². The maximum atomic E-state index is 12.9. The van der Waals surface area contributed by atoms with Gasteiger partial charge >= 0.3 is 0 Å². The Bertz CT molecular complexity index is 898. The molecule has 1 aromatic carbocycles. The molecule has 3 rings (SSSR count). The number of benzene rings is 1. The predicted octanol–water partition coefficient (Wildman–Crippen LogP) is 1.75. The Hall–Kier alpha value is -1.94. The van der Waals surface area contributed by atoms with Crippen molar-refractivity contribution < 1.29 is 17.9 Å². The van der Waals surface area contributed by atoms with Gasteiger partial charge in [-0.25, -0.2) is 13.1 Å². The first-order valence-electron chi connectivity index (χ1n) is 8.45. The van der Waals surface area contributed by atoms with Crippen molar-refractivity contribution >= 4 is 27.7 Å². The van der Waals surface area contributed by atoms with Gasteiger partial charge in [-0.3, -0.25) is 9.78 Å². The van der Waals surface area contributed by atoms with Gasteiger partial charge in [0.05, 0.1) is 23.7 Å². The Balaban J connectivity index is 1.84. The number of carbonyl (C=O) groups excluding carboxylic acids is 1. The van der Waals surface area contributed by atoms with E-state index < -0.39 is 10.0 Å². The summed E-state index contributed by atoms with van der Waals surface area (Å²) in [5.74, 6) is -0.172. The van der Waals surface area contributed by atoms with Crippen LogP contribution in [0.2, 0.25) is 0 Å². The van der Waals surface area contributed by atoms with Crippen LogP contribution in [0.25, 0.3) is 0 Å². The summed E-state index contributed by atoms with van der Waals surface area (Å²) in [6.07, 6.45) is 5.08. The largest absolute Gasteiger partial charge is 0.378 e. The fourth-order valence-electron chi connectivity index (χ4n) is 2.72. The smallest absolute Gasteiger partial charge is 0.255 e. The van der Waals surface area contributed by atoms with E-state index in [9.17, 15) is 13.2 Å². The number of sulfonamides is 1. The van der Waals surface area contributed by atoms with Crippen molar-refractivity contribution in [2.75, 3.05) is 32.6 Å². The van der Waals surface area contributed by atoms with Crippen LogP contribution in [0, 0.1) is 0 Å². The SMILES string of the molecule is CSc1ccc(S(=O)(=O)NCc2ccncc2)cc1C(=O)N1CCOCC1. The molecule has 27 heavy (non-hydrogen) atoms. The van der Waals surface area contributed by atoms with E-state index in [0.29, 0.717) is 31.9 Å². The number of pyridine rings is 1. The first-order valence-corrected chi connectivity index (χ1v) is 11.2. The fraction of sp³-hybridized carbons (Fsp3) is 0.333. The van der Waals surface area contributed by atoms with Crippen LogP contribution in [-0.4, -0.2) is 56.8 Å². The second-order valence-electron chi connectivity index (χ2n) is 5.95. The maximum Gasteiger partial charge on any atom is 0.255 e. The van der Waals surface area contributed by atoms with Crippen LogP contribution in [0.1, 0.15) is 15.9 Å². The van der Waals surface area contributed by atoms with E-state index in [1.54, 1.807) is 35.5 Å². The number of rotatable bonds is 6. The molecule has 0 spiro atoms. The standard InChI is InChI=1S/C18H21N3O4S2/c1-26-17-3-2-15(12-16(17)18(22)21-8-10-25-11-9-21)27(23,24)20-13-14-4-6-19-7-5-14/h2-7,12,20H,8-11,13H2,1H3. The minimum absolute atomic E-state index is 0.0750. The Morgan fingerprint density at radius 2 is 1.93 bits per heavy atom. The normalized spacial score (nSPS) is 14.9. The van der Waals surface area contributed by atoms with Crippen LogP contribution in [0.15, 0.2) is 52.5 Å². The number of aromatic nitrogens is 1. The highest BCUT2D eigenvalue weighted by atomic mass is 32.2. The number of morpholine rings is 1. The zero-order valence-electron chi connectivity index (χ0n) is 14.9. The Morgan fingerprint density at radius 1 is 1.22 bits per heavy atom. The highest BCUT2D eigenvalue weighted by molar-refractivity contribution is 7.98. The number of thioether (sulfide) groups is 1. The van der Waals surface area contributed by atoms with E-state index in [1.165, 1.54) is 23.9 Å². The molecule has 0 aliphatic carbocycles. The van der Waals surface area contributed by atoms with Gasteiger partial charge in [0.2, 0.25) is 10.0 Å². The van der Waals surface area contributed by atoms with Crippen molar-refractivity contribution in [3.63, 3.8) is 0 Å². The maximum absolute atomic E-state index is 12.9. The topological polar surface area (TPSA) is 88.6 Å². The van der Waals surface area contributed by atoms with Gasteiger partial charge in [-0.2, -0.15) is 0 Å². The lowest BCUT2D eigenvalue weighted by molar-refractivity contribution is 0.0300. The molecule has 1 aromatic heterocycles. The third kappa shape index (κ3) is 4.86. The summed E-state index contributed by atoms with van der Waals surface area (Å²) in [7, 11) is -3.75. The third-order valence-electron chi connectivity index (χ3n) is 4.23. The van der Waals surface area contributed by atoms with Crippen LogP contribution >= 0.6 is 11.8 Å². The minimum Gasteiger partial charge on any atom is -0.378 e. The molecule has 0 unspecified atom stereocenters. The first kappa shape index (κ1) is 19.8. The number of ether oxygens (including phenoxy) is 1. The highest BCUT2D eigenvalue weighted by Gasteiger charge is 2.24. The number of nitrogens with zero attached hydrogens (tertiary/aromatic N) is 2. The van der Waals surface area contributed by atoms with Crippen LogP contribution < -0.4 is 4.72 Å². The van der Waals surface area contributed by atoms with Gasteiger partial charge in [-0.1, -0.05) is 0 Å². The van der Waals surface area contributed by atoms with Gasteiger partial charge in [0.15, 0.2) is 0 Å². The van der Waals surface area contributed by atoms with Gasteiger partial charge < -0.3 is 9.64 Å². The van der Waals surface area contributed by atoms with Crippen molar-refractivity contribution in [3.8, 4) is 0 Å². The molecular weight excluding hydrogens is 386 g/mol. The summed E-state index contributed by atoms with van der Waals surface area (Å²) in [5.41, 5.74) is 1.20. The lowest BCUT2D eigenvalue weighted by Crippen LogP contribution is -2.41. The number of amides is 1. The molecule has 0 bridgehead atoms. The van der Waals surface area contributed by atoms with E-state index in [4.69, 9.17) is 4.74 Å². The summed E-state index contributed by atoms with van der Waals surface area (Å²) in [5, 5.41) is 0.